The van der Waals surface area contributed by atoms with Crippen LogP contribution in [0.3, 0.4) is 0 Å². The van der Waals surface area contributed by atoms with Gasteiger partial charge in [-0.3, -0.25) is 24.3 Å². The van der Waals surface area contributed by atoms with Gasteiger partial charge in [0.05, 0.1) is 27.7 Å². The van der Waals surface area contributed by atoms with Gasteiger partial charge in [0.1, 0.15) is 5.69 Å². The van der Waals surface area contributed by atoms with Crippen molar-refractivity contribution in [2.75, 3.05) is 17.7 Å². The number of hydrogen-bond donors (Lipinski definition) is 1. The number of carbonyl (C=O) groups excluding carboxylic acids is 1. The van der Waals surface area contributed by atoms with Crippen LogP contribution in [0.1, 0.15) is 20.3 Å². The number of hydrogen-bond acceptors (Lipinski definition) is 7. The molecule has 3 aromatic rings. The van der Waals surface area contributed by atoms with E-state index in [1.807, 2.05) is 13.8 Å². The Labute approximate surface area is 199 Å². The first-order valence-electron chi connectivity index (χ1n) is 10.2. The molecular weight excluding hydrogens is 468 g/mol. The number of nitrogens with zero attached hydrogens (tertiary/aromatic N) is 3. The van der Waals surface area contributed by atoms with E-state index < -0.39 is 10.8 Å². The van der Waals surface area contributed by atoms with Crippen molar-refractivity contribution in [3.63, 3.8) is 0 Å². The van der Waals surface area contributed by atoms with E-state index in [0.717, 1.165) is 11.8 Å². The number of carbonyl (C=O) groups is 1. The van der Waals surface area contributed by atoms with Gasteiger partial charge in [-0.1, -0.05) is 35.5 Å². The number of nitro benzene ring substituents is 1. The summed E-state index contributed by atoms with van der Waals surface area (Å²) in [5.74, 6) is -0.560. The molecule has 0 unspecified atom stereocenters. The lowest BCUT2D eigenvalue weighted by Gasteiger charge is -2.14. The number of para-hydroxylation sites is 1. The molecule has 0 aliphatic carbocycles. The number of aromatic nitrogens is 2. The molecule has 1 heterocycles. The summed E-state index contributed by atoms with van der Waals surface area (Å²) in [5.41, 5.74) is 0.0891. The minimum Gasteiger partial charge on any atom is -0.379 e. The van der Waals surface area contributed by atoms with E-state index in [0.29, 0.717) is 35.6 Å². The van der Waals surface area contributed by atoms with Crippen molar-refractivity contribution in [2.45, 2.75) is 38.1 Å². The van der Waals surface area contributed by atoms with Gasteiger partial charge in [-0.05, 0) is 44.5 Å². The largest absolute Gasteiger partial charge is 0.379 e. The molecule has 174 valence electrons. The normalized spacial score (nSPS) is 11.2. The number of rotatable bonds is 10. The Balaban J connectivity index is 1.78. The van der Waals surface area contributed by atoms with Crippen LogP contribution in [0.25, 0.3) is 10.9 Å². The van der Waals surface area contributed by atoms with Crippen molar-refractivity contribution < 1.29 is 14.5 Å². The molecule has 33 heavy (non-hydrogen) atoms. The number of ether oxygens (including phenoxy) is 1. The van der Waals surface area contributed by atoms with Crippen molar-refractivity contribution in [3.8, 4) is 0 Å². The third kappa shape index (κ3) is 6.53. The number of halogens is 1. The molecule has 0 aliphatic heterocycles. The monoisotopic (exact) mass is 490 g/mol. The van der Waals surface area contributed by atoms with E-state index in [1.165, 1.54) is 22.8 Å². The van der Waals surface area contributed by atoms with Crippen LogP contribution in [0.4, 0.5) is 11.4 Å². The maximum absolute atomic E-state index is 13.0. The van der Waals surface area contributed by atoms with Gasteiger partial charge in [0.2, 0.25) is 5.91 Å². The van der Waals surface area contributed by atoms with Crippen LogP contribution in [0, 0.1) is 10.1 Å². The summed E-state index contributed by atoms with van der Waals surface area (Å²) in [5, 5.41) is 14.9. The predicted molar refractivity (Wildman–Crippen MR) is 129 cm³/mol. The average Bonchev–Trinajstić information content (AvgIpc) is 2.77. The summed E-state index contributed by atoms with van der Waals surface area (Å²) in [4.78, 5) is 40.8. The van der Waals surface area contributed by atoms with Gasteiger partial charge in [0.25, 0.3) is 11.2 Å². The minimum atomic E-state index is -0.615. The minimum absolute atomic E-state index is 0.0460. The zero-order chi connectivity index (χ0) is 24.0. The van der Waals surface area contributed by atoms with Gasteiger partial charge in [0, 0.05) is 24.2 Å². The molecule has 0 fully saturated rings. The Morgan fingerprint density at radius 3 is 2.79 bits per heavy atom. The van der Waals surface area contributed by atoms with E-state index >= 15 is 0 Å². The smallest absolute Gasteiger partial charge is 0.294 e. The Morgan fingerprint density at radius 1 is 1.30 bits per heavy atom. The highest BCUT2D eigenvalue weighted by molar-refractivity contribution is 7.99. The number of nitro groups is 1. The lowest BCUT2D eigenvalue weighted by atomic mass is 10.2. The molecule has 1 aromatic heterocycles. The maximum Gasteiger partial charge on any atom is 0.294 e. The summed E-state index contributed by atoms with van der Waals surface area (Å²) >= 11 is 6.91. The predicted octanol–water partition coefficient (Wildman–Crippen LogP) is 4.50. The van der Waals surface area contributed by atoms with Crippen LogP contribution in [0.2, 0.25) is 5.02 Å². The zero-order valence-electron chi connectivity index (χ0n) is 18.1. The standard InChI is InChI=1S/C22H23ClN4O5S/c1-14(2)32-11-5-10-26-21(29)16-6-3-4-7-17(16)25-22(26)33-13-20(28)24-18-9-8-15(23)12-19(18)27(30)31/h3-4,6-9,12,14H,5,10-11,13H2,1-2H3,(H,24,28). The average molecular weight is 491 g/mol. The molecule has 0 bridgehead atoms. The quantitative estimate of drug-likeness (QED) is 0.146. The molecule has 0 saturated carbocycles. The van der Waals surface area contributed by atoms with E-state index in [4.69, 9.17) is 16.3 Å². The first-order valence-corrected chi connectivity index (χ1v) is 11.6. The molecule has 0 atom stereocenters. The highest BCUT2D eigenvalue weighted by Gasteiger charge is 2.18. The second kappa shape index (κ2) is 11.3. The number of fused-ring (bicyclic) bond motifs is 1. The number of anilines is 1. The number of amides is 1. The first-order chi connectivity index (χ1) is 15.8. The molecular formula is C22H23ClN4O5S. The van der Waals surface area contributed by atoms with Crippen molar-refractivity contribution in [2.24, 2.45) is 0 Å². The van der Waals surface area contributed by atoms with E-state index in [-0.39, 0.29) is 33.8 Å². The molecule has 1 N–H and O–H groups in total. The van der Waals surface area contributed by atoms with E-state index in [1.54, 1.807) is 24.3 Å². The zero-order valence-corrected chi connectivity index (χ0v) is 19.7. The number of nitrogens with one attached hydrogen (secondary N) is 1. The van der Waals surface area contributed by atoms with Crippen LogP contribution in [-0.2, 0) is 16.1 Å². The third-order valence-electron chi connectivity index (χ3n) is 4.57. The second-order valence-electron chi connectivity index (χ2n) is 7.40. The summed E-state index contributed by atoms with van der Waals surface area (Å²) in [7, 11) is 0. The molecule has 0 spiro atoms. The third-order valence-corrected chi connectivity index (χ3v) is 5.78. The van der Waals surface area contributed by atoms with Crippen molar-refractivity contribution >= 4 is 51.5 Å². The summed E-state index contributed by atoms with van der Waals surface area (Å²) in [6, 6.07) is 11.0. The van der Waals surface area contributed by atoms with Gasteiger partial charge < -0.3 is 10.1 Å². The molecule has 0 radical (unpaired) electrons. The SMILES string of the molecule is CC(C)OCCCn1c(SCC(=O)Nc2ccc(Cl)cc2[N+](=O)[O-])nc2ccccc2c1=O. The van der Waals surface area contributed by atoms with Gasteiger partial charge in [0.15, 0.2) is 5.16 Å². The molecule has 0 saturated heterocycles. The Hall–Kier alpha value is -2.95. The molecule has 2 aromatic carbocycles. The van der Waals surface area contributed by atoms with Gasteiger partial charge in [-0.25, -0.2) is 4.98 Å². The highest BCUT2D eigenvalue weighted by atomic mass is 35.5. The van der Waals surface area contributed by atoms with Crippen LogP contribution >= 0.6 is 23.4 Å². The molecule has 9 nitrogen and oxygen atoms in total. The summed E-state index contributed by atoms with van der Waals surface area (Å²) in [6.07, 6.45) is 0.695. The topological polar surface area (TPSA) is 116 Å². The Kier molecular flexibility index (Phi) is 8.43. The fraction of sp³-hybridized carbons (Fsp3) is 0.318. The Bertz CT molecular complexity index is 1230. The molecule has 1 amide bonds. The van der Waals surface area contributed by atoms with Crippen LogP contribution < -0.4 is 10.9 Å². The van der Waals surface area contributed by atoms with Crippen LogP contribution in [0.15, 0.2) is 52.4 Å². The van der Waals surface area contributed by atoms with Crippen LogP contribution in [-0.4, -0.2) is 38.8 Å². The fourth-order valence-corrected chi connectivity index (χ4v) is 4.07. The van der Waals surface area contributed by atoms with E-state index in [2.05, 4.69) is 10.3 Å². The molecule has 11 heteroatoms. The fourth-order valence-electron chi connectivity index (χ4n) is 3.07. The number of thioether (sulfide) groups is 1. The van der Waals surface area contributed by atoms with Crippen molar-refractivity contribution in [3.05, 3.63) is 68.0 Å². The highest BCUT2D eigenvalue weighted by Crippen LogP contribution is 2.28. The van der Waals surface area contributed by atoms with Crippen molar-refractivity contribution in [1.29, 1.82) is 0 Å². The summed E-state index contributed by atoms with van der Waals surface area (Å²) < 4.78 is 7.10. The lowest BCUT2D eigenvalue weighted by Crippen LogP contribution is -2.25. The van der Waals surface area contributed by atoms with Gasteiger partial charge in [-0.15, -0.1) is 0 Å². The Morgan fingerprint density at radius 2 is 2.06 bits per heavy atom. The van der Waals surface area contributed by atoms with E-state index in [9.17, 15) is 19.7 Å². The van der Waals surface area contributed by atoms with Gasteiger partial charge in [-0.2, -0.15) is 0 Å². The lowest BCUT2D eigenvalue weighted by molar-refractivity contribution is -0.383. The van der Waals surface area contributed by atoms with Crippen molar-refractivity contribution in [1.82, 2.24) is 9.55 Å². The van der Waals surface area contributed by atoms with Crippen LogP contribution in [0.5, 0.6) is 0 Å². The van der Waals surface area contributed by atoms with Gasteiger partial charge >= 0.3 is 0 Å². The molecule has 3 rings (SSSR count). The maximum atomic E-state index is 13.0. The number of benzene rings is 2. The second-order valence-corrected chi connectivity index (χ2v) is 8.78. The summed E-state index contributed by atoms with van der Waals surface area (Å²) in [6.45, 7) is 4.75. The molecule has 0 aliphatic rings. The first kappa shape index (κ1) is 24.7.